The van der Waals surface area contributed by atoms with E-state index in [0.717, 1.165) is 34.3 Å². The van der Waals surface area contributed by atoms with Crippen molar-refractivity contribution >= 4 is 11.0 Å². The lowest BCUT2D eigenvalue weighted by atomic mass is 9.97. The highest BCUT2D eigenvalue weighted by Gasteiger charge is 2.17. The molecule has 0 unspecified atom stereocenters. The van der Waals surface area contributed by atoms with Crippen LogP contribution in [0.4, 0.5) is 0 Å². The van der Waals surface area contributed by atoms with E-state index in [4.69, 9.17) is 4.52 Å². The van der Waals surface area contributed by atoms with E-state index in [2.05, 4.69) is 41.2 Å². The second kappa shape index (κ2) is 6.05. The second-order valence-electron chi connectivity index (χ2n) is 7.75. The van der Waals surface area contributed by atoms with E-state index in [1.165, 1.54) is 0 Å². The minimum absolute atomic E-state index is 0.133. The molecule has 132 valence electrons. The molecule has 4 rings (SSSR count). The van der Waals surface area contributed by atoms with Crippen LogP contribution in [0.3, 0.4) is 0 Å². The van der Waals surface area contributed by atoms with Gasteiger partial charge in [0.25, 0.3) is 5.89 Å². The number of fused-ring (bicyclic) bond motifs is 1. The first-order valence-electron chi connectivity index (χ1n) is 8.64. The maximum Gasteiger partial charge on any atom is 0.258 e. The van der Waals surface area contributed by atoms with Crippen LogP contribution in [0.15, 0.2) is 47.0 Å². The van der Waals surface area contributed by atoms with E-state index in [1.54, 1.807) is 0 Å². The Hall–Kier alpha value is -3.02. The quantitative estimate of drug-likeness (QED) is 0.545. The van der Waals surface area contributed by atoms with Gasteiger partial charge in [0.15, 0.2) is 0 Å². The molecule has 2 heterocycles. The zero-order chi connectivity index (χ0) is 18.3. The molecule has 0 saturated heterocycles. The highest BCUT2D eigenvalue weighted by atomic mass is 16.5. The van der Waals surface area contributed by atoms with Crippen LogP contribution in [-0.2, 0) is 6.54 Å². The molecule has 6 nitrogen and oxygen atoms in total. The summed E-state index contributed by atoms with van der Waals surface area (Å²) in [5, 5.41) is 12.7. The van der Waals surface area contributed by atoms with Crippen LogP contribution in [-0.4, -0.2) is 25.1 Å². The van der Waals surface area contributed by atoms with Gasteiger partial charge < -0.3 is 4.52 Å². The van der Waals surface area contributed by atoms with Gasteiger partial charge in [0.2, 0.25) is 5.82 Å². The number of nitrogens with zero attached hydrogens (tertiary/aromatic N) is 5. The average molecular weight is 347 g/mol. The van der Waals surface area contributed by atoms with Crippen LogP contribution < -0.4 is 0 Å². The maximum atomic E-state index is 5.48. The standard InChI is InChI=1S/C20H21N5O/c1-13-7-5-6-8-15(13)18-21-19(26-23-18)14-9-10-17-16(11-14)22-24-25(17)12-20(2,3)4/h5-11H,12H2,1-4H3. The molecule has 0 aliphatic heterocycles. The molecule has 0 radical (unpaired) electrons. The van der Waals surface area contributed by atoms with Crippen molar-refractivity contribution in [3.05, 3.63) is 48.0 Å². The summed E-state index contributed by atoms with van der Waals surface area (Å²) in [6.07, 6.45) is 0. The van der Waals surface area contributed by atoms with E-state index >= 15 is 0 Å². The van der Waals surface area contributed by atoms with Crippen molar-refractivity contribution in [2.24, 2.45) is 5.41 Å². The highest BCUT2D eigenvalue weighted by molar-refractivity contribution is 5.79. The Balaban J connectivity index is 1.69. The molecule has 0 N–H and O–H groups in total. The van der Waals surface area contributed by atoms with Gasteiger partial charge in [-0.05, 0) is 36.1 Å². The molecule has 0 aliphatic carbocycles. The summed E-state index contributed by atoms with van der Waals surface area (Å²) in [6, 6.07) is 13.9. The predicted molar refractivity (Wildman–Crippen MR) is 100 cm³/mol. The first-order chi connectivity index (χ1) is 12.4. The molecule has 0 aliphatic rings. The van der Waals surface area contributed by atoms with Gasteiger partial charge in [0.05, 0.1) is 5.52 Å². The van der Waals surface area contributed by atoms with Crippen molar-refractivity contribution in [3.8, 4) is 22.8 Å². The van der Waals surface area contributed by atoms with Gasteiger partial charge in [-0.1, -0.05) is 55.4 Å². The van der Waals surface area contributed by atoms with Crippen molar-refractivity contribution in [3.63, 3.8) is 0 Å². The Morgan fingerprint density at radius 2 is 1.88 bits per heavy atom. The molecule has 0 fully saturated rings. The Labute approximate surface area is 151 Å². The fourth-order valence-corrected chi connectivity index (χ4v) is 2.95. The lowest BCUT2D eigenvalue weighted by Gasteiger charge is -2.17. The summed E-state index contributed by atoms with van der Waals surface area (Å²) < 4.78 is 7.42. The first kappa shape index (κ1) is 16.4. The molecule has 0 bridgehead atoms. The van der Waals surface area contributed by atoms with Gasteiger partial charge in [0, 0.05) is 17.7 Å². The number of aromatic nitrogens is 5. The Morgan fingerprint density at radius 3 is 2.65 bits per heavy atom. The average Bonchev–Trinajstić information content (AvgIpc) is 3.21. The van der Waals surface area contributed by atoms with Crippen molar-refractivity contribution in [1.82, 2.24) is 25.1 Å². The first-order valence-corrected chi connectivity index (χ1v) is 8.64. The van der Waals surface area contributed by atoms with Crippen LogP contribution in [0, 0.1) is 12.3 Å². The normalized spacial score (nSPS) is 12.0. The third kappa shape index (κ3) is 3.10. The van der Waals surface area contributed by atoms with E-state index in [-0.39, 0.29) is 5.41 Å². The summed E-state index contributed by atoms with van der Waals surface area (Å²) in [4.78, 5) is 4.55. The summed E-state index contributed by atoms with van der Waals surface area (Å²) in [5.41, 5.74) is 4.88. The fourth-order valence-electron chi connectivity index (χ4n) is 2.95. The second-order valence-corrected chi connectivity index (χ2v) is 7.75. The van der Waals surface area contributed by atoms with Crippen molar-refractivity contribution in [2.45, 2.75) is 34.2 Å². The Morgan fingerprint density at radius 1 is 1.08 bits per heavy atom. The van der Waals surface area contributed by atoms with Crippen LogP contribution in [0.5, 0.6) is 0 Å². The molecular weight excluding hydrogens is 326 g/mol. The number of aryl methyl sites for hydroxylation is 1. The summed E-state index contributed by atoms with van der Waals surface area (Å²) in [5.74, 6) is 1.07. The predicted octanol–water partition coefficient (Wildman–Crippen LogP) is 4.50. The lowest BCUT2D eigenvalue weighted by Crippen LogP contribution is -2.16. The van der Waals surface area contributed by atoms with E-state index in [0.29, 0.717) is 11.7 Å². The van der Waals surface area contributed by atoms with Crippen LogP contribution in [0.25, 0.3) is 33.9 Å². The SMILES string of the molecule is Cc1ccccc1-c1noc(-c2ccc3c(c2)nnn3CC(C)(C)C)n1. The van der Waals surface area contributed by atoms with Gasteiger partial charge in [0.1, 0.15) is 5.52 Å². The molecule has 4 aromatic rings. The number of benzene rings is 2. The summed E-state index contributed by atoms with van der Waals surface area (Å²) in [6.45, 7) is 9.38. The summed E-state index contributed by atoms with van der Waals surface area (Å²) >= 11 is 0. The van der Waals surface area contributed by atoms with E-state index in [1.807, 2.05) is 54.1 Å². The molecular formula is C20H21N5O. The zero-order valence-electron chi connectivity index (χ0n) is 15.4. The van der Waals surface area contributed by atoms with Crippen molar-refractivity contribution in [2.75, 3.05) is 0 Å². The summed E-state index contributed by atoms with van der Waals surface area (Å²) in [7, 11) is 0. The van der Waals surface area contributed by atoms with Crippen molar-refractivity contribution < 1.29 is 4.52 Å². The number of hydrogen-bond acceptors (Lipinski definition) is 5. The number of hydrogen-bond donors (Lipinski definition) is 0. The molecule has 0 atom stereocenters. The third-order valence-corrected chi connectivity index (χ3v) is 4.20. The van der Waals surface area contributed by atoms with Gasteiger partial charge in [-0.2, -0.15) is 4.98 Å². The molecule has 6 heteroatoms. The molecule has 2 aromatic heterocycles. The molecule has 0 spiro atoms. The number of rotatable bonds is 3. The minimum atomic E-state index is 0.133. The topological polar surface area (TPSA) is 69.6 Å². The molecule has 0 saturated carbocycles. The van der Waals surface area contributed by atoms with E-state index in [9.17, 15) is 0 Å². The monoisotopic (exact) mass is 347 g/mol. The largest absolute Gasteiger partial charge is 0.334 e. The Kier molecular flexibility index (Phi) is 3.83. The van der Waals surface area contributed by atoms with Gasteiger partial charge in [-0.25, -0.2) is 4.68 Å². The smallest absolute Gasteiger partial charge is 0.258 e. The molecule has 26 heavy (non-hydrogen) atoms. The maximum absolute atomic E-state index is 5.48. The zero-order valence-corrected chi connectivity index (χ0v) is 15.4. The highest BCUT2D eigenvalue weighted by Crippen LogP contribution is 2.27. The fraction of sp³-hybridized carbons (Fsp3) is 0.300. The van der Waals surface area contributed by atoms with Crippen molar-refractivity contribution in [1.29, 1.82) is 0 Å². The van der Waals surface area contributed by atoms with Gasteiger partial charge in [-0.15, -0.1) is 5.10 Å². The van der Waals surface area contributed by atoms with Crippen LogP contribution in [0.1, 0.15) is 26.3 Å². The van der Waals surface area contributed by atoms with Gasteiger partial charge >= 0.3 is 0 Å². The Bertz CT molecular complexity index is 1070. The van der Waals surface area contributed by atoms with Crippen LogP contribution in [0.2, 0.25) is 0 Å². The molecule has 0 amide bonds. The minimum Gasteiger partial charge on any atom is -0.334 e. The van der Waals surface area contributed by atoms with E-state index < -0.39 is 0 Å². The lowest BCUT2D eigenvalue weighted by molar-refractivity contribution is 0.327. The third-order valence-electron chi connectivity index (χ3n) is 4.20. The molecule has 2 aromatic carbocycles. The van der Waals surface area contributed by atoms with Crippen LogP contribution >= 0.6 is 0 Å². The van der Waals surface area contributed by atoms with Gasteiger partial charge in [-0.3, -0.25) is 0 Å².